The summed E-state index contributed by atoms with van der Waals surface area (Å²) in [5.74, 6) is 0. The van der Waals surface area contributed by atoms with Crippen molar-refractivity contribution in [3.05, 3.63) is 24.0 Å². The van der Waals surface area contributed by atoms with Gasteiger partial charge < -0.3 is 16.0 Å². The molecule has 3 heteroatoms. The van der Waals surface area contributed by atoms with Gasteiger partial charge in [0, 0.05) is 25.0 Å². The van der Waals surface area contributed by atoms with Crippen LogP contribution in [0.2, 0.25) is 0 Å². The fraction of sp³-hybridized carbons (Fsp3) is 0.636. The number of hydrogen-bond donors (Lipinski definition) is 3. The van der Waals surface area contributed by atoms with Crippen molar-refractivity contribution in [2.45, 2.75) is 20.3 Å². The Hall–Kier alpha value is -0.800. The zero-order chi connectivity index (χ0) is 10.4. The van der Waals surface area contributed by atoms with E-state index >= 15 is 0 Å². The average molecular weight is 195 g/mol. The van der Waals surface area contributed by atoms with Crippen LogP contribution in [0.25, 0.3) is 0 Å². The van der Waals surface area contributed by atoms with Crippen molar-refractivity contribution >= 4 is 0 Å². The van der Waals surface area contributed by atoms with E-state index in [0.29, 0.717) is 0 Å². The summed E-state index contributed by atoms with van der Waals surface area (Å²) >= 11 is 0. The molecule has 0 saturated carbocycles. The fourth-order valence-corrected chi connectivity index (χ4v) is 1.25. The minimum Gasteiger partial charge on any atom is -0.365 e. The second kappa shape index (κ2) is 5.17. The van der Waals surface area contributed by atoms with E-state index in [0.717, 1.165) is 26.1 Å². The van der Waals surface area contributed by atoms with Gasteiger partial charge in [0.25, 0.3) is 0 Å². The van der Waals surface area contributed by atoms with Crippen molar-refractivity contribution in [3.63, 3.8) is 0 Å². The summed E-state index contributed by atoms with van der Waals surface area (Å²) in [6, 6.07) is 4.13. The molecule has 0 aliphatic rings. The van der Waals surface area contributed by atoms with Gasteiger partial charge in [0.2, 0.25) is 0 Å². The molecule has 1 aromatic rings. The summed E-state index contributed by atoms with van der Waals surface area (Å²) in [5.41, 5.74) is 7.12. The Labute approximate surface area is 86.1 Å². The van der Waals surface area contributed by atoms with Gasteiger partial charge >= 0.3 is 0 Å². The second-order valence-electron chi connectivity index (χ2n) is 4.49. The Morgan fingerprint density at radius 1 is 1.50 bits per heavy atom. The van der Waals surface area contributed by atoms with Crippen LogP contribution in [0.4, 0.5) is 0 Å². The van der Waals surface area contributed by atoms with Crippen molar-refractivity contribution < 1.29 is 0 Å². The third-order valence-corrected chi connectivity index (χ3v) is 2.39. The van der Waals surface area contributed by atoms with E-state index < -0.39 is 0 Å². The summed E-state index contributed by atoms with van der Waals surface area (Å²) in [6.07, 6.45) is 3.01. The Morgan fingerprint density at radius 3 is 2.86 bits per heavy atom. The first kappa shape index (κ1) is 11.3. The number of rotatable bonds is 6. The monoisotopic (exact) mass is 195 g/mol. The van der Waals surface area contributed by atoms with E-state index in [1.54, 1.807) is 0 Å². The van der Waals surface area contributed by atoms with E-state index in [4.69, 9.17) is 5.73 Å². The van der Waals surface area contributed by atoms with Gasteiger partial charge in [-0.25, -0.2) is 0 Å². The highest BCUT2D eigenvalue weighted by Gasteiger charge is 2.13. The lowest BCUT2D eigenvalue weighted by atomic mass is 9.94. The molecule has 0 unspecified atom stereocenters. The topological polar surface area (TPSA) is 53.8 Å². The zero-order valence-corrected chi connectivity index (χ0v) is 9.14. The molecular formula is C11H21N3. The summed E-state index contributed by atoms with van der Waals surface area (Å²) in [4.78, 5) is 3.18. The molecule has 1 heterocycles. The van der Waals surface area contributed by atoms with Crippen LogP contribution in [0.15, 0.2) is 18.3 Å². The number of aromatic amines is 1. The van der Waals surface area contributed by atoms with E-state index in [-0.39, 0.29) is 5.41 Å². The average Bonchev–Trinajstić information content (AvgIpc) is 2.65. The van der Waals surface area contributed by atoms with Crippen LogP contribution in [0.5, 0.6) is 0 Å². The third kappa shape index (κ3) is 3.94. The molecule has 0 atom stereocenters. The first-order valence-corrected chi connectivity index (χ1v) is 5.17. The molecule has 1 aromatic heterocycles. The Balaban J connectivity index is 2.11. The molecule has 80 valence electrons. The predicted molar refractivity (Wildman–Crippen MR) is 60.2 cm³/mol. The van der Waals surface area contributed by atoms with Gasteiger partial charge in [-0.15, -0.1) is 0 Å². The maximum Gasteiger partial charge on any atom is 0.0159 e. The van der Waals surface area contributed by atoms with Crippen molar-refractivity contribution in [1.82, 2.24) is 10.3 Å². The molecule has 3 nitrogen and oxygen atoms in total. The van der Waals surface area contributed by atoms with Crippen LogP contribution in [-0.4, -0.2) is 24.6 Å². The zero-order valence-electron chi connectivity index (χ0n) is 9.14. The first-order valence-electron chi connectivity index (χ1n) is 5.17. The Morgan fingerprint density at radius 2 is 2.29 bits per heavy atom. The van der Waals surface area contributed by atoms with Crippen LogP contribution in [0.1, 0.15) is 19.5 Å². The minimum atomic E-state index is 0.204. The summed E-state index contributed by atoms with van der Waals surface area (Å²) in [6.45, 7) is 7.06. The molecule has 1 rings (SSSR count). The predicted octanol–water partition coefficient (Wildman–Crippen LogP) is 1.13. The Kier molecular flexibility index (Phi) is 4.17. The number of aromatic nitrogens is 1. The molecule has 0 aliphatic heterocycles. The number of nitrogens with one attached hydrogen (secondary N) is 2. The molecule has 0 radical (unpaired) electrons. The highest BCUT2D eigenvalue weighted by molar-refractivity contribution is 5.03. The van der Waals surface area contributed by atoms with Crippen molar-refractivity contribution in [2.75, 3.05) is 19.6 Å². The molecular weight excluding hydrogens is 174 g/mol. The standard InChI is InChI=1S/C11H21N3/c1-11(2,8-12)9-13-7-5-10-4-3-6-14-10/h3-4,6,13-14H,5,7-9,12H2,1-2H3. The van der Waals surface area contributed by atoms with Crippen LogP contribution in [0.3, 0.4) is 0 Å². The Bertz CT molecular complexity index is 239. The molecule has 0 spiro atoms. The van der Waals surface area contributed by atoms with Crippen LogP contribution < -0.4 is 11.1 Å². The van der Waals surface area contributed by atoms with Gasteiger partial charge in [-0.05, 0) is 30.5 Å². The summed E-state index contributed by atoms with van der Waals surface area (Å²) in [7, 11) is 0. The minimum absolute atomic E-state index is 0.204. The molecule has 0 aliphatic carbocycles. The second-order valence-corrected chi connectivity index (χ2v) is 4.49. The highest BCUT2D eigenvalue weighted by atomic mass is 14.9. The van der Waals surface area contributed by atoms with Crippen molar-refractivity contribution in [1.29, 1.82) is 0 Å². The van der Waals surface area contributed by atoms with Crippen molar-refractivity contribution in [2.24, 2.45) is 11.1 Å². The van der Waals surface area contributed by atoms with Crippen LogP contribution in [-0.2, 0) is 6.42 Å². The van der Waals surface area contributed by atoms with E-state index in [2.05, 4.69) is 30.2 Å². The number of nitrogens with two attached hydrogens (primary N) is 1. The number of hydrogen-bond acceptors (Lipinski definition) is 2. The largest absolute Gasteiger partial charge is 0.365 e. The normalized spacial score (nSPS) is 11.9. The molecule has 4 N–H and O–H groups in total. The lowest BCUT2D eigenvalue weighted by Crippen LogP contribution is -2.36. The van der Waals surface area contributed by atoms with E-state index in [9.17, 15) is 0 Å². The smallest absolute Gasteiger partial charge is 0.0159 e. The SMILES string of the molecule is CC(C)(CN)CNCCc1ccc[nH]1. The van der Waals surface area contributed by atoms with E-state index in [1.807, 2.05) is 12.3 Å². The van der Waals surface area contributed by atoms with Crippen LogP contribution >= 0.6 is 0 Å². The third-order valence-electron chi connectivity index (χ3n) is 2.39. The molecule has 14 heavy (non-hydrogen) atoms. The van der Waals surface area contributed by atoms with Crippen LogP contribution in [0, 0.1) is 5.41 Å². The quantitative estimate of drug-likeness (QED) is 0.596. The van der Waals surface area contributed by atoms with Gasteiger partial charge in [0.05, 0.1) is 0 Å². The molecule has 0 saturated heterocycles. The summed E-state index contributed by atoms with van der Waals surface area (Å²) in [5, 5.41) is 3.41. The molecule has 0 bridgehead atoms. The lowest BCUT2D eigenvalue weighted by molar-refractivity contribution is 0.353. The van der Waals surface area contributed by atoms with Gasteiger partial charge in [0.15, 0.2) is 0 Å². The van der Waals surface area contributed by atoms with Crippen molar-refractivity contribution in [3.8, 4) is 0 Å². The molecule has 0 aromatic carbocycles. The summed E-state index contributed by atoms with van der Waals surface area (Å²) < 4.78 is 0. The van der Waals surface area contributed by atoms with E-state index in [1.165, 1.54) is 5.69 Å². The molecule has 0 amide bonds. The maximum absolute atomic E-state index is 5.64. The lowest BCUT2D eigenvalue weighted by Gasteiger charge is -2.22. The highest BCUT2D eigenvalue weighted by Crippen LogP contribution is 2.09. The fourth-order valence-electron chi connectivity index (χ4n) is 1.25. The first-order chi connectivity index (χ1) is 6.64. The van der Waals surface area contributed by atoms with Gasteiger partial charge in [0.1, 0.15) is 0 Å². The number of H-pyrrole nitrogens is 1. The van der Waals surface area contributed by atoms with Gasteiger partial charge in [-0.1, -0.05) is 13.8 Å². The molecule has 0 fully saturated rings. The van der Waals surface area contributed by atoms with Gasteiger partial charge in [-0.3, -0.25) is 0 Å². The van der Waals surface area contributed by atoms with Gasteiger partial charge in [-0.2, -0.15) is 0 Å². The maximum atomic E-state index is 5.64.